The van der Waals surface area contributed by atoms with Gasteiger partial charge in [-0.1, -0.05) is 15.9 Å². The number of nitrogens with zero attached hydrogens (tertiary/aromatic N) is 1. The summed E-state index contributed by atoms with van der Waals surface area (Å²) in [5.41, 5.74) is 1.24. The normalized spacial score (nSPS) is 22.1. The van der Waals surface area contributed by atoms with Crippen molar-refractivity contribution in [2.45, 2.75) is 6.04 Å². The molecule has 0 saturated carbocycles. The Labute approximate surface area is 105 Å². The predicted octanol–water partition coefficient (Wildman–Crippen LogP) is 2.03. The van der Waals surface area contributed by atoms with Crippen LogP contribution in [0.15, 0.2) is 22.7 Å². The lowest BCUT2D eigenvalue weighted by Gasteiger charge is -2.34. The van der Waals surface area contributed by atoms with Gasteiger partial charge in [-0.3, -0.25) is 4.90 Å². The van der Waals surface area contributed by atoms with E-state index < -0.39 is 0 Å². The molecular formula is C12H17BrN2O. The van der Waals surface area contributed by atoms with Crippen LogP contribution in [0.3, 0.4) is 0 Å². The fourth-order valence-corrected chi connectivity index (χ4v) is 2.50. The number of hydrogen-bond donors (Lipinski definition) is 1. The molecule has 1 aromatic rings. The zero-order valence-electron chi connectivity index (χ0n) is 9.66. The van der Waals surface area contributed by atoms with E-state index in [1.165, 1.54) is 5.56 Å². The van der Waals surface area contributed by atoms with Gasteiger partial charge in [-0.05, 0) is 25.2 Å². The summed E-state index contributed by atoms with van der Waals surface area (Å²) >= 11 is 3.52. The molecule has 1 fully saturated rings. The van der Waals surface area contributed by atoms with Crippen molar-refractivity contribution >= 4 is 15.9 Å². The average Bonchev–Trinajstić information content (AvgIpc) is 2.29. The zero-order valence-corrected chi connectivity index (χ0v) is 11.3. The van der Waals surface area contributed by atoms with Crippen molar-refractivity contribution in [1.82, 2.24) is 10.2 Å². The summed E-state index contributed by atoms with van der Waals surface area (Å²) in [6.07, 6.45) is 0. The maximum absolute atomic E-state index is 5.43. The predicted molar refractivity (Wildman–Crippen MR) is 68.9 cm³/mol. The topological polar surface area (TPSA) is 24.5 Å². The van der Waals surface area contributed by atoms with Crippen LogP contribution >= 0.6 is 15.9 Å². The van der Waals surface area contributed by atoms with E-state index in [0.29, 0.717) is 6.04 Å². The van der Waals surface area contributed by atoms with E-state index in [9.17, 15) is 0 Å². The molecule has 4 heteroatoms. The fraction of sp³-hybridized carbons (Fsp3) is 0.500. The van der Waals surface area contributed by atoms with Crippen molar-refractivity contribution in [3.63, 3.8) is 0 Å². The van der Waals surface area contributed by atoms with Gasteiger partial charge < -0.3 is 10.1 Å². The van der Waals surface area contributed by atoms with E-state index in [2.05, 4.69) is 39.3 Å². The third-order valence-electron chi connectivity index (χ3n) is 3.06. The number of rotatable bonds is 2. The summed E-state index contributed by atoms with van der Waals surface area (Å²) < 4.78 is 6.53. The van der Waals surface area contributed by atoms with Crippen LogP contribution in [0.1, 0.15) is 11.6 Å². The quantitative estimate of drug-likeness (QED) is 0.900. The van der Waals surface area contributed by atoms with E-state index in [1.807, 2.05) is 12.1 Å². The Bertz CT molecular complexity index is 370. The van der Waals surface area contributed by atoms with E-state index in [0.717, 1.165) is 29.9 Å². The number of benzene rings is 1. The van der Waals surface area contributed by atoms with Crippen molar-refractivity contribution in [1.29, 1.82) is 0 Å². The van der Waals surface area contributed by atoms with Gasteiger partial charge in [0.25, 0.3) is 0 Å². The lowest BCUT2D eigenvalue weighted by molar-refractivity contribution is 0.198. The van der Waals surface area contributed by atoms with Crippen LogP contribution in [0, 0.1) is 0 Å². The molecule has 0 amide bonds. The van der Waals surface area contributed by atoms with Crippen molar-refractivity contribution < 1.29 is 4.74 Å². The number of halogens is 1. The highest BCUT2D eigenvalue weighted by Gasteiger charge is 2.23. The van der Waals surface area contributed by atoms with Gasteiger partial charge in [-0.25, -0.2) is 0 Å². The highest BCUT2D eigenvalue weighted by Crippen LogP contribution is 2.31. The van der Waals surface area contributed by atoms with Gasteiger partial charge >= 0.3 is 0 Å². The lowest BCUT2D eigenvalue weighted by atomic mass is 10.0. The Morgan fingerprint density at radius 3 is 3.00 bits per heavy atom. The molecule has 0 radical (unpaired) electrons. The number of piperazine rings is 1. The molecule has 0 bridgehead atoms. The molecule has 1 saturated heterocycles. The van der Waals surface area contributed by atoms with Crippen molar-refractivity contribution in [2.75, 3.05) is 33.8 Å². The third kappa shape index (κ3) is 2.39. The maximum atomic E-state index is 5.43. The van der Waals surface area contributed by atoms with Crippen LogP contribution in [0.4, 0.5) is 0 Å². The summed E-state index contributed by atoms with van der Waals surface area (Å²) in [5, 5.41) is 3.42. The van der Waals surface area contributed by atoms with E-state index >= 15 is 0 Å². The van der Waals surface area contributed by atoms with Gasteiger partial charge in [0, 0.05) is 29.7 Å². The van der Waals surface area contributed by atoms with Crippen LogP contribution < -0.4 is 10.1 Å². The number of ether oxygens (including phenoxy) is 1. The molecule has 88 valence electrons. The average molecular weight is 285 g/mol. The molecule has 1 heterocycles. The molecule has 0 spiro atoms. The second-order valence-electron chi connectivity index (χ2n) is 4.09. The second kappa shape index (κ2) is 5.17. The summed E-state index contributed by atoms with van der Waals surface area (Å²) in [5.74, 6) is 0.962. The molecule has 3 nitrogen and oxygen atoms in total. The summed E-state index contributed by atoms with van der Waals surface area (Å²) in [6, 6.07) is 6.56. The second-order valence-corrected chi connectivity index (χ2v) is 5.00. The van der Waals surface area contributed by atoms with Crippen molar-refractivity contribution in [2.24, 2.45) is 0 Å². The van der Waals surface area contributed by atoms with E-state index in [4.69, 9.17) is 4.74 Å². The number of likely N-dealkylation sites (N-methyl/N-ethyl adjacent to an activating group) is 1. The molecule has 1 aromatic carbocycles. The summed E-state index contributed by atoms with van der Waals surface area (Å²) in [4.78, 5) is 2.36. The standard InChI is InChI=1S/C12H17BrN2O/c1-15-6-5-14-8-11(15)10-7-9(13)3-4-12(10)16-2/h3-4,7,11,14H,5-6,8H2,1-2H3. The largest absolute Gasteiger partial charge is 0.496 e. The SMILES string of the molecule is COc1ccc(Br)cc1C1CNCCN1C. The Kier molecular flexibility index (Phi) is 3.84. The summed E-state index contributed by atoms with van der Waals surface area (Å²) in [6.45, 7) is 3.10. The molecule has 1 aliphatic heterocycles. The first kappa shape index (κ1) is 11.9. The highest BCUT2D eigenvalue weighted by molar-refractivity contribution is 9.10. The first-order valence-electron chi connectivity index (χ1n) is 5.47. The fourth-order valence-electron chi connectivity index (χ4n) is 2.12. The van der Waals surface area contributed by atoms with E-state index in [1.54, 1.807) is 7.11 Å². The van der Waals surface area contributed by atoms with Crippen LogP contribution in [0.5, 0.6) is 5.75 Å². The number of hydrogen-bond acceptors (Lipinski definition) is 3. The minimum absolute atomic E-state index is 0.390. The molecule has 16 heavy (non-hydrogen) atoms. The Morgan fingerprint density at radius 2 is 2.31 bits per heavy atom. The monoisotopic (exact) mass is 284 g/mol. The smallest absolute Gasteiger partial charge is 0.123 e. The van der Waals surface area contributed by atoms with Crippen LogP contribution in [-0.4, -0.2) is 38.7 Å². The molecule has 1 N–H and O–H groups in total. The lowest BCUT2D eigenvalue weighted by Crippen LogP contribution is -2.43. The first-order chi connectivity index (χ1) is 7.72. The van der Waals surface area contributed by atoms with Crippen LogP contribution in [0.25, 0.3) is 0 Å². The van der Waals surface area contributed by atoms with E-state index in [-0.39, 0.29) is 0 Å². The van der Waals surface area contributed by atoms with Crippen LogP contribution in [-0.2, 0) is 0 Å². The summed E-state index contributed by atoms with van der Waals surface area (Å²) in [7, 11) is 3.88. The maximum Gasteiger partial charge on any atom is 0.123 e. The van der Waals surface area contributed by atoms with Gasteiger partial charge in [0.2, 0.25) is 0 Å². The minimum atomic E-state index is 0.390. The molecule has 0 aromatic heterocycles. The number of nitrogens with one attached hydrogen (secondary N) is 1. The Hall–Kier alpha value is -0.580. The van der Waals surface area contributed by atoms with Gasteiger partial charge in [0.05, 0.1) is 13.2 Å². The van der Waals surface area contributed by atoms with Gasteiger partial charge in [0.1, 0.15) is 5.75 Å². The number of methoxy groups -OCH3 is 1. The van der Waals surface area contributed by atoms with Crippen molar-refractivity contribution in [3.05, 3.63) is 28.2 Å². The molecule has 0 aliphatic carbocycles. The molecule has 2 rings (SSSR count). The third-order valence-corrected chi connectivity index (χ3v) is 3.56. The Balaban J connectivity index is 2.33. The molecule has 1 aliphatic rings. The molecule has 1 unspecified atom stereocenters. The molecular weight excluding hydrogens is 268 g/mol. The zero-order chi connectivity index (χ0) is 11.5. The van der Waals surface area contributed by atoms with Gasteiger partial charge in [0.15, 0.2) is 0 Å². The first-order valence-corrected chi connectivity index (χ1v) is 6.26. The van der Waals surface area contributed by atoms with Gasteiger partial charge in [-0.15, -0.1) is 0 Å². The van der Waals surface area contributed by atoms with Crippen molar-refractivity contribution in [3.8, 4) is 5.75 Å². The molecule has 1 atom stereocenters. The minimum Gasteiger partial charge on any atom is -0.496 e. The van der Waals surface area contributed by atoms with Crippen LogP contribution in [0.2, 0.25) is 0 Å². The Morgan fingerprint density at radius 1 is 1.50 bits per heavy atom. The van der Waals surface area contributed by atoms with Gasteiger partial charge in [-0.2, -0.15) is 0 Å². The highest BCUT2D eigenvalue weighted by atomic mass is 79.9.